The first-order valence-corrected chi connectivity index (χ1v) is 5.63. The maximum atomic E-state index is 11.1. The summed E-state index contributed by atoms with van der Waals surface area (Å²) in [5.41, 5.74) is 0. The molecule has 0 aliphatic heterocycles. The highest BCUT2D eigenvalue weighted by Crippen LogP contribution is 1.83. The van der Waals surface area contributed by atoms with E-state index in [2.05, 4.69) is 23.2 Å². The van der Waals surface area contributed by atoms with Gasteiger partial charge in [0, 0.05) is 13.1 Å². The number of nitrogens with one attached hydrogen (secondary N) is 2. The molecule has 14 heavy (non-hydrogen) atoms. The highest BCUT2D eigenvalue weighted by atomic mass is 32.2. The van der Waals surface area contributed by atoms with Gasteiger partial charge in [0.05, 0.1) is 0 Å². The molecule has 6 heteroatoms. The van der Waals surface area contributed by atoms with Crippen molar-refractivity contribution in [2.24, 2.45) is 0 Å². The minimum atomic E-state index is -3.54. The fraction of sp³-hybridized carbons (Fsp3) is 0.375. The predicted octanol–water partition coefficient (Wildman–Crippen LogP) is -0.606. The van der Waals surface area contributed by atoms with E-state index in [1.807, 2.05) is 0 Å². The van der Waals surface area contributed by atoms with E-state index in [1.54, 1.807) is 0 Å². The van der Waals surface area contributed by atoms with Crippen LogP contribution < -0.4 is 10.0 Å². The Bertz CT molecular complexity index is 309. The van der Waals surface area contributed by atoms with Crippen molar-refractivity contribution >= 4 is 15.9 Å². The molecule has 1 amide bonds. The molecule has 0 atom stereocenters. The van der Waals surface area contributed by atoms with Crippen LogP contribution in [0.1, 0.15) is 0 Å². The largest absolute Gasteiger partial charge is 0.352 e. The summed E-state index contributed by atoms with van der Waals surface area (Å²) in [5.74, 6) is -1.13. The van der Waals surface area contributed by atoms with Gasteiger partial charge in [-0.3, -0.25) is 4.79 Å². The second-order valence-electron chi connectivity index (χ2n) is 2.49. The summed E-state index contributed by atoms with van der Waals surface area (Å²) in [4.78, 5) is 11.0. The maximum absolute atomic E-state index is 11.1. The zero-order chi connectivity index (χ0) is 11.0. The average molecular weight is 218 g/mol. The lowest BCUT2D eigenvalue weighted by molar-refractivity contribution is -0.118. The molecule has 2 N–H and O–H groups in total. The Kier molecular flexibility index (Phi) is 5.82. The van der Waals surface area contributed by atoms with Gasteiger partial charge in [-0.1, -0.05) is 12.2 Å². The lowest BCUT2D eigenvalue weighted by Gasteiger charge is -2.04. The third-order valence-electron chi connectivity index (χ3n) is 1.21. The van der Waals surface area contributed by atoms with E-state index in [9.17, 15) is 13.2 Å². The first-order chi connectivity index (χ1) is 6.52. The molecule has 0 aromatic rings. The molecule has 0 aliphatic rings. The molecule has 0 fully saturated rings. The van der Waals surface area contributed by atoms with Crippen molar-refractivity contribution in [1.82, 2.24) is 10.0 Å². The molecule has 0 spiro atoms. The van der Waals surface area contributed by atoms with Crippen LogP contribution in [0.25, 0.3) is 0 Å². The standard InChI is InChI=1S/C8H14N2O3S/c1-3-5-9-8(11)7-14(12,13)10-6-4-2/h3-4,10H,1-2,5-7H2,(H,9,11). The second kappa shape index (κ2) is 6.33. The zero-order valence-corrected chi connectivity index (χ0v) is 8.64. The van der Waals surface area contributed by atoms with Crippen LogP contribution in [0.3, 0.4) is 0 Å². The Hall–Kier alpha value is -1.14. The van der Waals surface area contributed by atoms with Crippen LogP contribution in [-0.2, 0) is 14.8 Å². The molecule has 0 aromatic heterocycles. The van der Waals surface area contributed by atoms with Crippen LogP contribution in [0.15, 0.2) is 25.3 Å². The highest BCUT2D eigenvalue weighted by Gasteiger charge is 2.14. The van der Waals surface area contributed by atoms with Gasteiger partial charge in [-0.25, -0.2) is 13.1 Å². The summed E-state index contributed by atoms with van der Waals surface area (Å²) in [6.45, 7) is 7.12. The van der Waals surface area contributed by atoms with Crippen LogP contribution in [-0.4, -0.2) is 33.2 Å². The van der Waals surface area contributed by atoms with E-state index in [0.29, 0.717) is 0 Å². The van der Waals surface area contributed by atoms with Gasteiger partial charge in [0.1, 0.15) is 5.75 Å². The van der Waals surface area contributed by atoms with Crippen molar-refractivity contribution in [3.63, 3.8) is 0 Å². The van der Waals surface area contributed by atoms with Crippen molar-refractivity contribution in [3.8, 4) is 0 Å². The third kappa shape index (κ3) is 6.38. The molecule has 80 valence electrons. The number of hydrogen-bond donors (Lipinski definition) is 2. The average Bonchev–Trinajstić information content (AvgIpc) is 2.11. The quantitative estimate of drug-likeness (QED) is 0.560. The summed E-state index contributed by atoms with van der Waals surface area (Å²) in [7, 11) is -3.54. The topological polar surface area (TPSA) is 75.3 Å². The monoisotopic (exact) mass is 218 g/mol. The number of rotatable bonds is 7. The Morgan fingerprint density at radius 1 is 1.21 bits per heavy atom. The van der Waals surface area contributed by atoms with Gasteiger partial charge in [-0.05, 0) is 0 Å². The van der Waals surface area contributed by atoms with E-state index in [0.717, 1.165) is 0 Å². The predicted molar refractivity (Wildman–Crippen MR) is 55.2 cm³/mol. The Labute approximate surface area is 83.9 Å². The Balaban J connectivity index is 4.01. The van der Waals surface area contributed by atoms with Gasteiger partial charge in [0.15, 0.2) is 0 Å². The summed E-state index contributed by atoms with van der Waals surface area (Å²) in [6.07, 6.45) is 2.88. The first-order valence-electron chi connectivity index (χ1n) is 3.97. The maximum Gasteiger partial charge on any atom is 0.236 e. The van der Waals surface area contributed by atoms with Gasteiger partial charge in [0.25, 0.3) is 0 Å². The van der Waals surface area contributed by atoms with Crippen LogP contribution in [0.2, 0.25) is 0 Å². The molecule has 0 aliphatic carbocycles. The minimum absolute atomic E-state index is 0.122. The van der Waals surface area contributed by atoms with E-state index in [1.165, 1.54) is 12.2 Å². The number of sulfonamides is 1. The van der Waals surface area contributed by atoms with Gasteiger partial charge in [0.2, 0.25) is 15.9 Å². The zero-order valence-electron chi connectivity index (χ0n) is 7.82. The molecule has 0 rings (SSSR count). The van der Waals surface area contributed by atoms with Crippen molar-refractivity contribution < 1.29 is 13.2 Å². The fourth-order valence-electron chi connectivity index (χ4n) is 0.647. The van der Waals surface area contributed by atoms with Gasteiger partial charge in [-0.2, -0.15) is 0 Å². The molecule has 0 aromatic carbocycles. The number of carbonyl (C=O) groups is 1. The van der Waals surface area contributed by atoms with Gasteiger partial charge in [-0.15, -0.1) is 13.2 Å². The second-order valence-corrected chi connectivity index (χ2v) is 4.30. The minimum Gasteiger partial charge on any atom is -0.352 e. The van der Waals surface area contributed by atoms with E-state index < -0.39 is 21.7 Å². The van der Waals surface area contributed by atoms with Crippen LogP contribution in [0, 0.1) is 0 Å². The van der Waals surface area contributed by atoms with E-state index in [-0.39, 0.29) is 13.1 Å². The van der Waals surface area contributed by atoms with E-state index in [4.69, 9.17) is 0 Å². The van der Waals surface area contributed by atoms with Crippen molar-refractivity contribution in [3.05, 3.63) is 25.3 Å². The Morgan fingerprint density at radius 2 is 1.79 bits per heavy atom. The smallest absolute Gasteiger partial charge is 0.236 e. The molecule has 0 saturated heterocycles. The van der Waals surface area contributed by atoms with E-state index >= 15 is 0 Å². The normalized spacial score (nSPS) is 10.6. The fourth-order valence-corrected chi connectivity index (χ4v) is 1.57. The summed E-state index contributed by atoms with van der Waals surface area (Å²) >= 11 is 0. The Morgan fingerprint density at radius 3 is 2.29 bits per heavy atom. The molecule has 0 unspecified atom stereocenters. The van der Waals surface area contributed by atoms with Gasteiger partial charge < -0.3 is 5.32 Å². The van der Waals surface area contributed by atoms with Crippen molar-refractivity contribution in [1.29, 1.82) is 0 Å². The lowest BCUT2D eigenvalue weighted by atomic mass is 10.6. The highest BCUT2D eigenvalue weighted by molar-refractivity contribution is 7.90. The SMILES string of the molecule is C=CCNC(=O)CS(=O)(=O)NCC=C. The van der Waals surface area contributed by atoms with Crippen LogP contribution in [0.4, 0.5) is 0 Å². The van der Waals surface area contributed by atoms with Crippen molar-refractivity contribution in [2.75, 3.05) is 18.8 Å². The summed E-state index contributed by atoms with van der Waals surface area (Å²) in [5, 5.41) is 2.36. The van der Waals surface area contributed by atoms with Crippen LogP contribution >= 0.6 is 0 Å². The number of hydrogen-bond acceptors (Lipinski definition) is 3. The third-order valence-corrected chi connectivity index (χ3v) is 2.46. The summed E-state index contributed by atoms with van der Waals surface area (Å²) in [6, 6.07) is 0. The lowest BCUT2D eigenvalue weighted by Crippen LogP contribution is -2.36. The molecule has 0 radical (unpaired) electrons. The molecule has 0 saturated carbocycles. The van der Waals surface area contributed by atoms with Crippen molar-refractivity contribution in [2.45, 2.75) is 0 Å². The molecular formula is C8H14N2O3S. The molecule has 0 bridgehead atoms. The molecular weight excluding hydrogens is 204 g/mol. The number of carbonyl (C=O) groups excluding carboxylic acids is 1. The number of amides is 1. The van der Waals surface area contributed by atoms with Gasteiger partial charge >= 0.3 is 0 Å². The molecule has 5 nitrogen and oxygen atoms in total. The molecule has 0 heterocycles. The summed E-state index contributed by atoms with van der Waals surface area (Å²) < 4.78 is 24.4. The first kappa shape index (κ1) is 12.9. The van der Waals surface area contributed by atoms with Crippen LogP contribution in [0.5, 0.6) is 0 Å².